The lowest BCUT2D eigenvalue weighted by Crippen LogP contribution is -2.14. The van der Waals surface area contributed by atoms with Crippen molar-refractivity contribution in [2.45, 2.75) is 58.4 Å². The molecule has 0 bridgehead atoms. The van der Waals surface area contributed by atoms with E-state index in [9.17, 15) is 0 Å². The third kappa shape index (κ3) is 5.90. The van der Waals surface area contributed by atoms with E-state index in [0.717, 1.165) is 12.8 Å². The topological polar surface area (TPSA) is 12.0 Å². The smallest absolute Gasteiger partial charge is 0.0342 e. The van der Waals surface area contributed by atoms with Crippen LogP contribution in [0.3, 0.4) is 0 Å². The van der Waals surface area contributed by atoms with Gasteiger partial charge in [0, 0.05) is 11.7 Å². The van der Waals surface area contributed by atoms with E-state index in [1.54, 1.807) is 0 Å². The fourth-order valence-corrected chi connectivity index (χ4v) is 2.07. The highest BCUT2D eigenvalue weighted by Gasteiger charge is 2.00. The van der Waals surface area contributed by atoms with E-state index in [0.29, 0.717) is 6.04 Å². The number of allylic oxidation sites excluding steroid dienone is 1. The van der Waals surface area contributed by atoms with Crippen molar-refractivity contribution in [1.82, 2.24) is 0 Å². The number of benzene rings is 1. The predicted octanol–water partition coefficient (Wildman–Crippen LogP) is 5.19. The molecule has 0 saturated carbocycles. The highest BCUT2D eigenvalue weighted by molar-refractivity contribution is 5.45. The van der Waals surface area contributed by atoms with Crippen LogP contribution in [0.5, 0.6) is 0 Å². The third-order valence-electron chi connectivity index (χ3n) is 3.24. The summed E-state index contributed by atoms with van der Waals surface area (Å²) in [6.45, 7) is 8.23. The fraction of sp³-hybridized carbons (Fsp3) is 0.529. The molecule has 1 aromatic carbocycles. The molecule has 0 amide bonds. The van der Waals surface area contributed by atoms with Crippen molar-refractivity contribution in [3.05, 3.63) is 42.5 Å². The molecule has 1 unspecified atom stereocenters. The number of unbranched alkanes of at least 4 members (excludes halogenated alkanes) is 2. The van der Waals surface area contributed by atoms with E-state index in [-0.39, 0.29) is 0 Å². The minimum absolute atomic E-state index is 0.508. The van der Waals surface area contributed by atoms with Crippen LogP contribution >= 0.6 is 0 Å². The number of hydrogen-bond donors (Lipinski definition) is 1. The standard InChI is InChI=1S/C17H27N/c1-4-6-8-10-16-11-13-17(14-12-16)18-15(3)9-7-5-2/h5,11-15,18H,2,4,6-10H2,1,3H3. The van der Waals surface area contributed by atoms with Crippen LogP contribution in [0.4, 0.5) is 5.69 Å². The average Bonchev–Trinajstić information content (AvgIpc) is 2.39. The molecule has 0 fully saturated rings. The predicted molar refractivity (Wildman–Crippen MR) is 82.2 cm³/mol. The first-order valence-corrected chi connectivity index (χ1v) is 7.22. The van der Waals surface area contributed by atoms with E-state index in [2.05, 4.69) is 50.0 Å². The number of rotatable bonds is 9. The first kappa shape index (κ1) is 14.8. The van der Waals surface area contributed by atoms with Gasteiger partial charge in [0.05, 0.1) is 0 Å². The van der Waals surface area contributed by atoms with Gasteiger partial charge >= 0.3 is 0 Å². The average molecular weight is 245 g/mol. The zero-order chi connectivity index (χ0) is 13.2. The lowest BCUT2D eigenvalue weighted by Gasteiger charge is -2.14. The summed E-state index contributed by atoms with van der Waals surface area (Å²) in [5.41, 5.74) is 2.68. The van der Waals surface area contributed by atoms with Gasteiger partial charge in [-0.25, -0.2) is 0 Å². The van der Waals surface area contributed by atoms with Crippen LogP contribution in [0.15, 0.2) is 36.9 Å². The van der Waals surface area contributed by atoms with Crippen LogP contribution in [-0.4, -0.2) is 6.04 Å². The van der Waals surface area contributed by atoms with Gasteiger partial charge in [0.2, 0.25) is 0 Å². The van der Waals surface area contributed by atoms with E-state index >= 15 is 0 Å². The summed E-state index contributed by atoms with van der Waals surface area (Å²) in [5.74, 6) is 0. The molecule has 1 atom stereocenters. The molecular weight excluding hydrogens is 218 g/mol. The number of hydrogen-bond acceptors (Lipinski definition) is 1. The van der Waals surface area contributed by atoms with E-state index in [4.69, 9.17) is 0 Å². The Morgan fingerprint density at radius 1 is 1.22 bits per heavy atom. The molecule has 100 valence electrons. The molecule has 0 aliphatic rings. The molecule has 18 heavy (non-hydrogen) atoms. The van der Waals surface area contributed by atoms with Gasteiger partial charge in [-0.3, -0.25) is 0 Å². The second-order valence-electron chi connectivity index (χ2n) is 5.07. The zero-order valence-electron chi connectivity index (χ0n) is 11.9. The van der Waals surface area contributed by atoms with Crippen molar-refractivity contribution >= 4 is 5.69 Å². The van der Waals surface area contributed by atoms with Gasteiger partial charge in [-0.15, -0.1) is 6.58 Å². The van der Waals surface area contributed by atoms with Crippen LogP contribution in [-0.2, 0) is 6.42 Å². The minimum atomic E-state index is 0.508. The molecule has 0 heterocycles. The maximum atomic E-state index is 3.76. The van der Waals surface area contributed by atoms with Crippen LogP contribution in [0.1, 0.15) is 51.5 Å². The van der Waals surface area contributed by atoms with Crippen molar-refractivity contribution in [2.75, 3.05) is 5.32 Å². The van der Waals surface area contributed by atoms with E-state index < -0.39 is 0 Å². The first-order chi connectivity index (χ1) is 8.76. The summed E-state index contributed by atoms with van der Waals surface area (Å²) in [6, 6.07) is 9.40. The third-order valence-corrected chi connectivity index (χ3v) is 3.24. The molecule has 1 rings (SSSR count). The number of nitrogens with one attached hydrogen (secondary N) is 1. The van der Waals surface area contributed by atoms with Crippen LogP contribution in [0.25, 0.3) is 0 Å². The summed E-state index contributed by atoms with van der Waals surface area (Å²) in [7, 11) is 0. The summed E-state index contributed by atoms with van der Waals surface area (Å²) in [6.07, 6.45) is 9.33. The van der Waals surface area contributed by atoms with Gasteiger partial charge in [0.25, 0.3) is 0 Å². The first-order valence-electron chi connectivity index (χ1n) is 7.22. The molecule has 1 aromatic rings. The van der Waals surface area contributed by atoms with Gasteiger partial charge in [-0.05, 0) is 50.3 Å². The molecule has 0 aromatic heterocycles. The molecular formula is C17H27N. The Balaban J connectivity index is 2.37. The summed E-state index contributed by atoms with van der Waals surface area (Å²) in [4.78, 5) is 0. The molecule has 0 aliphatic carbocycles. The van der Waals surface area contributed by atoms with Gasteiger partial charge in [0.1, 0.15) is 0 Å². The molecule has 1 heteroatoms. The quantitative estimate of drug-likeness (QED) is 0.466. The summed E-state index contributed by atoms with van der Waals surface area (Å²) < 4.78 is 0. The number of aryl methyl sites for hydroxylation is 1. The Bertz CT molecular complexity index is 326. The maximum absolute atomic E-state index is 3.76. The maximum Gasteiger partial charge on any atom is 0.0342 e. The number of anilines is 1. The van der Waals surface area contributed by atoms with Gasteiger partial charge < -0.3 is 5.32 Å². The molecule has 0 spiro atoms. The molecule has 0 radical (unpaired) electrons. The lowest BCUT2D eigenvalue weighted by molar-refractivity contribution is 0.715. The van der Waals surface area contributed by atoms with Crippen molar-refractivity contribution in [3.8, 4) is 0 Å². The van der Waals surface area contributed by atoms with Gasteiger partial charge in [-0.2, -0.15) is 0 Å². The summed E-state index contributed by atoms with van der Waals surface area (Å²) in [5, 5.41) is 3.52. The fourth-order valence-electron chi connectivity index (χ4n) is 2.07. The van der Waals surface area contributed by atoms with Gasteiger partial charge in [0.15, 0.2) is 0 Å². The van der Waals surface area contributed by atoms with Crippen molar-refractivity contribution in [1.29, 1.82) is 0 Å². The van der Waals surface area contributed by atoms with Crippen LogP contribution < -0.4 is 5.32 Å². The van der Waals surface area contributed by atoms with Crippen molar-refractivity contribution in [2.24, 2.45) is 0 Å². The Morgan fingerprint density at radius 2 is 1.94 bits per heavy atom. The minimum Gasteiger partial charge on any atom is -0.383 e. The van der Waals surface area contributed by atoms with Gasteiger partial charge in [-0.1, -0.05) is 38.0 Å². The van der Waals surface area contributed by atoms with Crippen LogP contribution in [0.2, 0.25) is 0 Å². The Labute approximate surface area is 112 Å². The summed E-state index contributed by atoms with van der Waals surface area (Å²) >= 11 is 0. The zero-order valence-corrected chi connectivity index (χ0v) is 11.9. The Kier molecular flexibility index (Phi) is 7.24. The highest BCUT2D eigenvalue weighted by Crippen LogP contribution is 2.14. The monoisotopic (exact) mass is 245 g/mol. The molecule has 1 nitrogen and oxygen atoms in total. The molecule has 1 N–H and O–H groups in total. The van der Waals surface area contributed by atoms with E-state index in [1.165, 1.54) is 36.9 Å². The second-order valence-corrected chi connectivity index (χ2v) is 5.07. The van der Waals surface area contributed by atoms with Crippen molar-refractivity contribution in [3.63, 3.8) is 0 Å². The van der Waals surface area contributed by atoms with E-state index in [1.807, 2.05) is 6.08 Å². The van der Waals surface area contributed by atoms with Crippen molar-refractivity contribution < 1.29 is 0 Å². The largest absolute Gasteiger partial charge is 0.383 e. The normalized spacial score (nSPS) is 12.1. The second kappa shape index (κ2) is 8.79. The SMILES string of the molecule is C=CCCC(C)Nc1ccc(CCCCC)cc1. The molecule has 0 saturated heterocycles. The lowest BCUT2D eigenvalue weighted by atomic mass is 10.1. The molecule has 0 aliphatic heterocycles. The Morgan fingerprint density at radius 3 is 2.56 bits per heavy atom. The van der Waals surface area contributed by atoms with Crippen LogP contribution in [0, 0.1) is 0 Å². The highest BCUT2D eigenvalue weighted by atomic mass is 14.9. The Hall–Kier alpha value is -1.24.